The van der Waals surface area contributed by atoms with Crippen LogP contribution in [-0.2, 0) is 10.8 Å². The van der Waals surface area contributed by atoms with Gasteiger partial charge in [-0.2, -0.15) is 0 Å². The molecule has 4 heteroatoms. The Hall–Kier alpha value is -2.20. The molecule has 0 aliphatic rings. The largest absolute Gasteiger partial charge is 0.439 e. The molecule has 0 fully saturated rings. The van der Waals surface area contributed by atoms with E-state index in [2.05, 4.69) is 11.1 Å². The van der Waals surface area contributed by atoms with Gasteiger partial charge in [0.1, 0.15) is 5.25 Å². The molecule has 0 bridgehead atoms. The van der Waals surface area contributed by atoms with Gasteiger partial charge in [-0.25, -0.2) is 4.98 Å². The smallest absolute Gasteiger partial charge is 0.210 e. The number of benzene rings is 2. The summed E-state index contributed by atoms with van der Waals surface area (Å²) in [7, 11) is -1.12. The molecule has 0 saturated heterocycles. The van der Waals surface area contributed by atoms with Crippen molar-refractivity contribution in [1.82, 2.24) is 4.98 Å². The summed E-state index contributed by atoms with van der Waals surface area (Å²) >= 11 is 0. The van der Waals surface area contributed by atoms with E-state index in [9.17, 15) is 4.21 Å². The van der Waals surface area contributed by atoms with E-state index in [1.165, 1.54) is 5.56 Å². The number of aryl methyl sites for hydroxylation is 1. The molecule has 0 aliphatic carbocycles. The summed E-state index contributed by atoms with van der Waals surface area (Å²) < 4.78 is 18.8. The molecule has 1 aromatic heterocycles. The fourth-order valence-corrected chi connectivity index (χ4v) is 4.01. The Morgan fingerprint density at radius 2 is 1.75 bits per heavy atom. The van der Waals surface area contributed by atoms with Crippen LogP contribution < -0.4 is 0 Å². The fourth-order valence-electron chi connectivity index (χ4n) is 2.67. The lowest BCUT2D eigenvalue weighted by molar-refractivity contribution is 0.504. The number of nitrogens with zero attached hydrogens (tertiary/aromatic N) is 1. The van der Waals surface area contributed by atoms with Crippen LogP contribution in [0.4, 0.5) is 0 Å². The SMILES string of the molecule is Cc1cccc([C@H](C)[S@](=O)[C@H](C)c2ncc(-c3ccccc3)o2)c1. The number of aromatic nitrogens is 1. The van der Waals surface area contributed by atoms with Gasteiger partial charge in [0, 0.05) is 16.4 Å². The van der Waals surface area contributed by atoms with Gasteiger partial charge in [-0.1, -0.05) is 60.2 Å². The molecule has 0 N–H and O–H groups in total. The van der Waals surface area contributed by atoms with Crippen LogP contribution in [0.2, 0.25) is 0 Å². The van der Waals surface area contributed by atoms with E-state index < -0.39 is 10.8 Å². The van der Waals surface area contributed by atoms with E-state index in [1.807, 2.05) is 69.3 Å². The second kappa shape index (κ2) is 7.14. The molecule has 0 aliphatic heterocycles. The van der Waals surface area contributed by atoms with Crippen LogP contribution in [0.5, 0.6) is 0 Å². The van der Waals surface area contributed by atoms with Crippen LogP contribution in [0.25, 0.3) is 11.3 Å². The van der Waals surface area contributed by atoms with Crippen LogP contribution in [0.15, 0.2) is 65.2 Å². The monoisotopic (exact) mass is 339 g/mol. The Balaban J connectivity index is 1.80. The highest BCUT2D eigenvalue weighted by Gasteiger charge is 2.25. The Labute approximate surface area is 145 Å². The quantitative estimate of drug-likeness (QED) is 0.640. The zero-order chi connectivity index (χ0) is 17.1. The average molecular weight is 339 g/mol. The van der Waals surface area contributed by atoms with Gasteiger partial charge in [-0.05, 0) is 26.3 Å². The Bertz CT molecular complexity index is 842. The molecule has 0 unspecified atom stereocenters. The average Bonchev–Trinajstić information content (AvgIpc) is 3.10. The predicted molar refractivity (Wildman–Crippen MR) is 98.1 cm³/mol. The second-order valence-electron chi connectivity index (χ2n) is 5.96. The standard InChI is InChI=1S/C20H21NO2S/c1-14-8-7-11-18(12-14)15(2)24(22)16(3)20-21-13-19(23-20)17-9-5-4-6-10-17/h4-13,15-16H,1-3H3/t15-,16+,24-/m0/s1. The van der Waals surface area contributed by atoms with Crippen molar-refractivity contribution in [2.45, 2.75) is 31.3 Å². The third-order valence-corrected chi connectivity index (χ3v) is 6.01. The van der Waals surface area contributed by atoms with Crippen LogP contribution in [0.1, 0.15) is 41.4 Å². The van der Waals surface area contributed by atoms with E-state index in [0.29, 0.717) is 11.7 Å². The first kappa shape index (κ1) is 16.7. The van der Waals surface area contributed by atoms with Gasteiger partial charge in [0.25, 0.3) is 0 Å². The molecule has 3 aromatic rings. The molecule has 0 spiro atoms. The van der Waals surface area contributed by atoms with Crippen molar-refractivity contribution < 1.29 is 8.63 Å². The van der Waals surface area contributed by atoms with E-state index in [4.69, 9.17) is 4.42 Å². The molecule has 0 radical (unpaired) electrons. The summed E-state index contributed by atoms with van der Waals surface area (Å²) in [5.41, 5.74) is 3.22. The third kappa shape index (κ3) is 3.49. The van der Waals surface area contributed by atoms with Gasteiger partial charge in [0.2, 0.25) is 5.89 Å². The molecule has 3 nitrogen and oxygen atoms in total. The summed E-state index contributed by atoms with van der Waals surface area (Å²) in [6, 6.07) is 18.0. The maximum absolute atomic E-state index is 12.9. The lowest BCUT2D eigenvalue weighted by Gasteiger charge is -2.16. The van der Waals surface area contributed by atoms with Crippen molar-refractivity contribution in [3.8, 4) is 11.3 Å². The molecule has 124 valence electrons. The van der Waals surface area contributed by atoms with Gasteiger partial charge in [0.15, 0.2) is 5.76 Å². The lowest BCUT2D eigenvalue weighted by Crippen LogP contribution is -2.10. The van der Waals surface area contributed by atoms with Gasteiger partial charge < -0.3 is 4.42 Å². The molecular weight excluding hydrogens is 318 g/mol. The van der Waals surface area contributed by atoms with Crippen LogP contribution >= 0.6 is 0 Å². The predicted octanol–water partition coefficient (Wildman–Crippen LogP) is 5.22. The van der Waals surface area contributed by atoms with Crippen LogP contribution in [-0.4, -0.2) is 9.19 Å². The molecular formula is C20H21NO2S. The Morgan fingerprint density at radius 1 is 1.00 bits per heavy atom. The highest BCUT2D eigenvalue weighted by atomic mass is 32.2. The summed E-state index contributed by atoms with van der Waals surface area (Å²) in [6.45, 7) is 5.94. The first-order valence-corrected chi connectivity index (χ1v) is 9.31. The van der Waals surface area contributed by atoms with Gasteiger partial charge in [-0.3, -0.25) is 4.21 Å². The molecule has 3 atom stereocenters. The number of hydrogen-bond acceptors (Lipinski definition) is 3. The number of hydrogen-bond donors (Lipinski definition) is 0. The lowest BCUT2D eigenvalue weighted by atomic mass is 10.1. The van der Waals surface area contributed by atoms with Crippen molar-refractivity contribution in [3.05, 3.63) is 77.8 Å². The molecule has 2 aromatic carbocycles. The maximum atomic E-state index is 12.9. The molecule has 24 heavy (non-hydrogen) atoms. The van der Waals surface area contributed by atoms with E-state index >= 15 is 0 Å². The molecule has 0 saturated carbocycles. The van der Waals surface area contributed by atoms with Crippen molar-refractivity contribution in [2.24, 2.45) is 0 Å². The molecule has 3 rings (SSSR count). The van der Waals surface area contributed by atoms with Crippen molar-refractivity contribution >= 4 is 10.8 Å². The van der Waals surface area contributed by atoms with E-state index in [0.717, 1.165) is 11.1 Å². The van der Waals surface area contributed by atoms with Gasteiger partial charge in [-0.15, -0.1) is 0 Å². The minimum absolute atomic E-state index is 0.0769. The van der Waals surface area contributed by atoms with Crippen molar-refractivity contribution in [2.75, 3.05) is 0 Å². The van der Waals surface area contributed by atoms with Crippen molar-refractivity contribution in [3.63, 3.8) is 0 Å². The van der Waals surface area contributed by atoms with Gasteiger partial charge >= 0.3 is 0 Å². The second-order valence-corrected chi connectivity index (χ2v) is 8.03. The highest BCUT2D eigenvalue weighted by Crippen LogP contribution is 2.31. The topological polar surface area (TPSA) is 43.1 Å². The number of oxazole rings is 1. The van der Waals surface area contributed by atoms with Gasteiger partial charge in [0.05, 0.1) is 11.4 Å². The highest BCUT2D eigenvalue weighted by molar-refractivity contribution is 7.85. The normalized spacial score (nSPS) is 15.0. The molecule has 1 heterocycles. The first-order chi connectivity index (χ1) is 11.6. The number of rotatable bonds is 5. The first-order valence-electron chi connectivity index (χ1n) is 8.03. The maximum Gasteiger partial charge on any atom is 0.210 e. The summed E-state index contributed by atoms with van der Waals surface area (Å²) in [4.78, 5) is 4.35. The summed E-state index contributed by atoms with van der Waals surface area (Å²) in [5.74, 6) is 1.23. The van der Waals surface area contributed by atoms with E-state index in [1.54, 1.807) is 6.20 Å². The molecule has 0 amide bonds. The van der Waals surface area contributed by atoms with Crippen LogP contribution in [0, 0.1) is 6.92 Å². The Kier molecular flexibility index (Phi) is 4.95. The van der Waals surface area contributed by atoms with Crippen LogP contribution in [0.3, 0.4) is 0 Å². The summed E-state index contributed by atoms with van der Waals surface area (Å²) in [6.07, 6.45) is 1.70. The third-order valence-electron chi connectivity index (χ3n) is 4.14. The summed E-state index contributed by atoms with van der Waals surface area (Å²) in [5, 5.41) is -0.343. The zero-order valence-electron chi connectivity index (χ0n) is 14.1. The Morgan fingerprint density at radius 3 is 2.46 bits per heavy atom. The van der Waals surface area contributed by atoms with Crippen molar-refractivity contribution in [1.29, 1.82) is 0 Å². The minimum atomic E-state index is -1.12. The fraction of sp³-hybridized carbons (Fsp3) is 0.250. The zero-order valence-corrected chi connectivity index (χ0v) is 14.9. The minimum Gasteiger partial charge on any atom is -0.439 e. The van der Waals surface area contributed by atoms with E-state index in [-0.39, 0.29) is 10.5 Å².